The number of aryl methyl sites for hydroxylation is 1. The number of carbonyl (C=O) groups is 1. The topological polar surface area (TPSA) is 59.8 Å². The highest BCUT2D eigenvalue weighted by Gasteiger charge is 2.26. The molecule has 0 radical (unpaired) electrons. The van der Waals surface area contributed by atoms with Crippen LogP contribution in [0.25, 0.3) is 5.69 Å². The first-order valence-electron chi connectivity index (χ1n) is 13.1. The molecule has 0 saturated carbocycles. The fourth-order valence-corrected chi connectivity index (χ4v) is 5.84. The van der Waals surface area contributed by atoms with Crippen LogP contribution in [0.4, 0.5) is 4.39 Å². The molecule has 0 spiro atoms. The van der Waals surface area contributed by atoms with Crippen molar-refractivity contribution in [2.75, 3.05) is 0 Å². The zero-order valence-corrected chi connectivity index (χ0v) is 24.3. The van der Waals surface area contributed by atoms with Gasteiger partial charge in [-0.25, -0.2) is 4.39 Å². The van der Waals surface area contributed by atoms with Gasteiger partial charge in [0.25, 0.3) is 0 Å². The summed E-state index contributed by atoms with van der Waals surface area (Å²) < 4.78 is 15.3. The van der Waals surface area contributed by atoms with Gasteiger partial charge in [-0.3, -0.25) is 9.36 Å². The smallest absolute Gasteiger partial charge is 0.220 e. The Morgan fingerprint density at radius 1 is 0.854 bits per heavy atom. The van der Waals surface area contributed by atoms with Crippen LogP contribution < -0.4 is 5.32 Å². The second-order valence-electron chi connectivity index (χ2n) is 9.48. The number of halogens is 3. The number of carbonyl (C=O) groups excluding carboxylic acids is 1. The van der Waals surface area contributed by atoms with Gasteiger partial charge in [-0.05, 0) is 59.9 Å². The predicted octanol–water partition coefficient (Wildman–Crippen LogP) is 8.04. The minimum absolute atomic E-state index is 0.0907. The molecule has 9 heteroatoms. The Kier molecular flexibility index (Phi) is 9.72. The summed E-state index contributed by atoms with van der Waals surface area (Å²) in [6.07, 6.45) is 1.46. The lowest BCUT2D eigenvalue weighted by atomic mass is 10.0. The lowest BCUT2D eigenvalue weighted by Gasteiger charge is -2.21. The van der Waals surface area contributed by atoms with E-state index in [2.05, 4.69) is 15.5 Å². The number of rotatable bonds is 11. The first kappa shape index (κ1) is 28.9. The highest BCUT2D eigenvalue weighted by atomic mass is 35.5. The van der Waals surface area contributed by atoms with Crippen molar-refractivity contribution >= 4 is 40.9 Å². The maximum atomic E-state index is 13.4. The van der Waals surface area contributed by atoms with Crippen LogP contribution in [-0.4, -0.2) is 20.7 Å². The van der Waals surface area contributed by atoms with Crippen molar-refractivity contribution in [1.29, 1.82) is 0 Å². The van der Waals surface area contributed by atoms with E-state index in [1.54, 1.807) is 24.3 Å². The quantitative estimate of drug-likeness (QED) is 0.155. The number of aromatic nitrogens is 3. The summed E-state index contributed by atoms with van der Waals surface area (Å²) in [6.45, 7) is 0. The fraction of sp³-hybridized carbons (Fsp3) is 0.156. The minimum atomic E-state index is -0.486. The van der Waals surface area contributed by atoms with Crippen LogP contribution in [0.3, 0.4) is 0 Å². The Balaban J connectivity index is 1.48. The van der Waals surface area contributed by atoms with Gasteiger partial charge < -0.3 is 5.32 Å². The lowest BCUT2D eigenvalue weighted by molar-refractivity contribution is -0.121. The van der Waals surface area contributed by atoms with Crippen LogP contribution in [0.5, 0.6) is 0 Å². The summed E-state index contributed by atoms with van der Waals surface area (Å²) in [7, 11) is 0. The molecule has 0 aliphatic carbocycles. The lowest BCUT2D eigenvalue weighted by Crippen LogP contribution is -2.32. The molecule has 208 valence electrons. The summed E-state index contributed by atoms with van der Waals surface area (Å²) in [4.78, 5) is 13.2. The first-order chi connectivity index (χ1) is 20.0. The van der Waals surface area contributed by atoms with Crippen molar-refractivity contribution in [3.63, 3.8) is 0 Å². The van der Waals surface area contributed by atoms with Crippen molar-refractivity contribution in [3.8, 4) is 5.69 Å². The molecule has 5 nitrogen and oxygen atoms in total. The van der Waals surface area contributed by atoms with Crippen LogP contribution in [0.2, 0.25) is 10.0 Å². The molecule has 5 aromatic rings. The molecule has 0 fully saturated rings. The summed E-state index contributed by atoms with van der Waals surface area (Å²) in [5.74, 6) is 0.708. The van der Waals surface area contributed by atoms with Gasteiger partial charge in [-0.15, -0.1) is 10.2 Å². The highest BCUT2D eigenvalue weighted by molar-refractivity contribution is 7.98. The standard InChI is InChI=1S/C32H27Cl2FN4OS/c33-25-14-17-29(27(34)20-25)39-31(37-38-32(39)41-21-24-11-15-26(35)16-12-24)28(19-23-9-5-2-6-10-23)36-30(40)18-13-22-7-3-1-4-8-22/h1-12,14-17,20,28H,13,18-19,21H2,(H,36,40). The van der Waals surface area contributed by atoms with Crippen LogP contribution in [-0.2, 0) is 23.4 Å². The second kappa shape index (κ2) is 13.8. The number of hydrogen-bond donors (Lipinski definition) is 1. The van der Waals surface area contributed by atoms with Gasteiger partial charge in [0.1, 0.15) is 5.82 Å². The molecule has 0 aliphatic heterocycles. The molecule has 1 unspecified atom stereocenters. The molecule has 5 rings (SSSR count). The highest BCUT2D eigenvalue weighted by Crippen LogP contribution is 2.33. The molecule has 1 aromatic heterocycles. The number of thioether (sulfide) groups is 1. The molecule has 0 aliphatic rings. The Morgan fingerprint density at radius 2 is 1.54 bits per heavy atom. The Hall–Kier alpha value is -3.65. The molecule has 0 bridgehead atoms. The van der Waals surface area contributed by atoms with E-state index in [0.29, 0.717) is 51.7 Å². The minimum Gasteiger partial charge on any atom is -0.346 e. The molecule has 41 heavy (non-hydrogen) atoms. The van der Waals surface area contributed by atoms with E-state index in [1.165, 1.54) is 23.9 Å². The molecule has 1 N–H and O–H groups in total. The van der Waals surface area contributed by atoms with E-state index in [1.807, 2.05) is 71.3 Å². The van der Waals surface area contributed by atoms with E-state index in [9.17, 15) is 9.18 Å². The average Bonchev–Trinajstić information content (AvgIpc) is 3.40. The Labute approximate surface area is 252 Å². The molecular formula is C32H27Cl2FN4OS. The molecule has 1 heterocycles. The van der Waals surface area contributed by atoms with Crippen LogP contribution in [0.1, 0.15) is 35.0 Å². The van der Waals surface area contributed by atoms with Gasteiger partial charge in [-0.1, -0.05) is 108 Å². The van der Waals surface area contributed by atoms with Crippen molar-refractivity contribution in [1.82, 2.24) is 20.1 Å². The van der Waals surface area contributed by atoms with Crippen molar-refractivity contribution < 1.29 is 9.18 Å². The third-order valence-electron chi connectivity index (χ3n) is 6.50. The van der Waals surface area contributed by atoms with Gasteiger partial charge in [0, 0.05) is 17.2 Å². The van der Waals surface area contributed by atoms with E-state index in [-0.39, 0.29) is 11.7 Å². The van der Waals surface area contributed by atoms with Gasteiger partial charge in [-0.2, -0.15) is 0 Å². The monoisotopic (exact) mass is 604 g/mol. The van der Waals surface area contributed by atoms with Crippen molar-refractivity contribution in [2.45, 2.75) is 36.2 Å². The maximum absolute atomic E-state index is 13.4. The normalized spacial score (nSPS) is 11.8. The van der Waals surface area contributed by atoms with Crippen molar-refractivity contribution in [2.24, 2.45) is 0 Å². The maximum Gasteiger partial charge on any atom is 0.220 e. The molecular weight excluding hydrogens is 578 g/mol. The summed E-state index contributed by atoms with van der Waals surface area (Å²) >= 11 is 14.4. The zero-order chi connectivity index (χ0) is 28.6. The van der Waals surface area contributed by atoms with E-state index < -0.39 is 6.04 Å². The largest absolute Gasteiger partial charge is 0.346 e. The second-order valence-corrected chi connectivity index (χ2v) is 11.3. The van der Waals surface area contributed by atoms with E-state index in [4.69, 9.17) is 23.2 Å². The number of nitrogens with one attached hydrogen (secondary N) is 1. The third-order valence-corrected chi connectivity index (χ3v) is 8.04. The van der Waals surface area contributed by atoms with Crippen molar-refractivity contribution in [3.05, 3.63) is 142 Å². The number of benzene rings is 4. The van der Waals surface area contributed by atoms with Crippen LogP contribution >= 0.6 is 35.0 Å². The van der Waals surface area contributed by atoms with Crippen LogP contribution in [0.15, 0.2) is 108 Å². The predicted molar refractivity (Wildman–Crippen MR) is 163 cm³/mol. The Morgan fingerprint density at radius 3 is 2.22 bits per heavy atom. The number of nitrogens with zero attached hydrogens (tertiary/aromatic N) is 3. The fourth-order valence-electron chi connectivity index (χ4n) is 4.44. The van der Waals surface area contributed by atoms with Crippen LogP contribution in [0, 0.1) is 5.82 Å². The summed E-state index contributed by atoms with van der Waals surface area (Å²) in [5, 5.41) is 13.8. The molecule has 0 saturated heterocycles. The Bertz CT molecular complexity index is 1600. The number of hydrogen-bond acceptors (Lipinski definition) is 4. The molecule has 1 amide bonds. The van der Waals surface area contributed by atoms with E-state index >= 15 is 0 Å². The summed E-state index contributed by atoms with van der Waals surface area (Å²) in [5.41, 5.74) is 3.72. The summed E-state index contributed by atoms with van der Waals surface area (Å²) in [6, 6.07) is 30.9. The third kappa shape index (κ3) is 7.76. The first-order valence-corrected chi connectivity index (χ1v) is 14.9. The molecule has 1 atom stereocenters. The average molecular weight is 606 g/mol. The van der Waals surface area contributed by atoms with Gasteiger partial charge in [0.2, 0.25) is 5.91 Å². The SMILES string of the molecule is O=C(CCc1ccccc1)NC(Cc1ccccc1)c1nnc(SCc2ccc(F)cc2)n1-c1ccc(Cl)cc1Cl. The zero-order valence-electron chi connectivity index (χ0n) is 22.0. The number of amides is 1. The van der Waals surface area contributed by atoms with Gasteiger partial charge in [0.05, 0.1) is 16.8 Å². The van der Waals surface area contributed by atoms with E-state index in [0.717, 1.165) is 16.7 Å². The molecule has 4 aromatic carbocycles. The van der Waals surface area contributed by atoms with Gasteiger partial charge >= 0.3 is 0 Å². The van der Waals surface area contributed by atoms with Gasteiger partial charge in [0.15, 0.2) is 11.0 Å².